The van der Waals surface area contributed by atoms with Crippen molar-refractivity contribution in [1.82, 2.24) is 18.3 Å². The van der Waals surface area contributed by atoms with Crippen molar-refractivity contribution in [2.75, 3.05) is 13.2 Å². The summed E-state index contributed by atoms with van der Waals surface area (Å²) in [5, 5.41) is 29.1. The molecule has 3 aliphatic rings. The summed E-state index contributed by atoms with van der Waals surface area (Å²) < 4.78 is 26.4. The van der Waals surface area contributed by atoms with Gasteiger partial charge < -0.3 is 51.8 Å². The Hall–Kier alpha value is -15.2. The highest BCUT2D eigenvalue weighted by Crippen LogP contribution is 2.43. The van der Waals surface area contributed by atoms with Gasteiger partial charge in [0.1, 0.15) is 24.2 Å². The van der Waals surface area contributed by atoms with Crippen LogP contribution < -0.4 is 4.74 Å². The number of thiophene rings is 1. The zero-order chi connectivity index (χ0) is 100. The maximum atomic E-state index is 13.6. The number of hydrogen-bond donors (Lipinski definition) is 0. The Bertz CT molecular complexity index is 8020. The zero-order valence-corrected chi connectivity index (χ0v) is 83.7. The van der Waals surface area contributed by atoms with E-state index in [1.807, 2.05) is 227 Å². The number of aromatic nitrogens is 4. The number of fused-ring (bicyclic) bond motifs is 15. The Labute approximate surface area is 828 Å². The standard InChI is InChI=1S/C32H34N2O6.C29H30N2O3S.C29H24N2O3.C29H28N2O2/c1-7-34-29-12-8-22(20(3)33-40-21(4)35)15-27(29)28-16-23(9-13-30(28)34)31(36)26-11-10-24(14-19(26)2)37-17-25-18-38-32(5,6)39-25;1-3-31-26-14-11-21(25(30-34-19(2)32)13-10-20-7-4-5-8-20)17-23(26)24-18-22(12-15-27(24)31)29(33)28-9-6-16-35-28;1-4-31-27-13-11-21(18(2)30-34-19(3)32)16-25(27)26-17-24(12-14-28(26)31)29(33)23-10-9-20-7-5-6-8-22(20)15-23;1-6-31-25-13-11-20(29(32)21-10-8-7-9-18(21)4)16-24(25)27-23-15-19(5)28(30-33-17(2)3)22(23)12-14-26(27)31/h8-16,25H,7,17-18H2,1-6H3;6,9,11-12,14-18,20H,3-5,7-8,10,13H2,1-2H3;5-17H,4H2,1-3H3;7-14,16,19H,2,6,15H2,1,3-5H3/b33-20-;30-25-;30-18-;30-28-. The number of ether oxygens (including phenoxy) is 3. The number of allylic oxidation sites excluding steroid dienone is 1. The molecule has 722 valence electrons. The van der Waals surface area contributed by atoms with Crippen molar-refractivity contribution >= 4 is 173 Å². The maximum Gasteiger partial charge on any atom is 0.331 e. The summed E-state index contributed by atoms with van der Waals surface area (Å²) in [5.74, 6) is 0.336. The van der Waals surface area contributed by atoms with Gasteiger partial charge in [-0.05, 0) is 291 Å². The summed E-state index contributed by atoms with van der Waals surface area (Å²) in [5.41, 5.74) is 23.4. The molecule has 17 aromatic rings. The molecule has 22 nitrogen and oxygen atoms in total. The Morgan fingerprint density at radius 3 is 1.39 bits per heavy atom. The van der Waals surface area contributed by atoms with Gasteiger partial charge in [0, 0.05) is 190 Å². The average molecular weight is 1910 g/mol. The van der Waals surface area contributed by atoms with Crippen LogP contribution in [0.15, 0.2) is 275 Å². The van der Waals surface area contributed by atoms with E-state index in [1.165, 1.54) is 74.3 Å². The summed E-state index contributed by atoms with van der Waals surface area (Å²) in [4.78, 5) is 108. The first kappa shape index (κ1) is 98.4. The highest BCUT2D eigenvalue weighted by atomic mass is 32.1. The van der Waals surface area contributed by atoms with Crippen molar-refractivity contribution in [3.8, 4) is 5.75 Å². The molecule has 1 saturated carbocycles. The van der Waals surface area contributed by atoms with E-state index in [0.717, 1.165) is 193 Å². The van der Waals surface area contributed by atoms with Crippen LogP contribution in [0.3, 0.4) is 0 Å². The lowest BCUT2D eigenvalue weighted by Gasteiger charge is -2.17. The van der Waals surface area contributed by atoms with Gasteiger partial charge in [-0.1, -0.05) is 151 Å². The highest BCUT2D eigenvalue weighted by molar-refractivity contribution is 7.12. The topological polar surface area (TPSA) is 253 Å². The minimum absolute atomic E-state index is 0.00573. The number of carbonyl (C=O) groups excluding carboxylic acids is 7. The summed E-state index contributed by atoms with van der Waals surface area (Å²) in [6, 6.07) is 77.5. The lowest BCUT2D eigenvalue weighted by molar-refractivity contribution is -0.141. The number of carbonyl (C=O) groups is 7. The fourth-order valence-corrected chi connectivity index (χ4v) is 20.8. The van der Waals surface area contributed by atoms with Crippen molar-refractivity contribution in [1.29, 1.82) is 0 Å². The molecule has 0 radical (unpaired) electrons. The van der Waals surface area contributed by atoms with Gasteiger partial charge in [-0.15, -0.1) is 11.3 Å². The Morgan fingerprint density at radius 1 is 0.444 bits per heavy atom. The molecule has 0 amide bonds. The zero-order valence-electron chi connectivity index (χ0n) is 82.9. The predicted octanol–water partition coefficient (Wildman–Crippen LogP) is 26.8. The highest BCUT2D eigenvalue weighted by Gasteiger charge is 2.35. The van der Waals surface area contributed by atoms with E-state index in [1.54, 1.807) is 20.8 Å². The van der Waals surface area contributed by atoms with Gasteiger partial charge in [0.2, 0.25) is 5.78 Å². The molecule has 0 spiro atoms. The molecular formula is C119H116N8O14S. The molecule has 0 bridgehead atoms. The largest absolute Gasteiger partial charge is 0.491 e. The van der Waals surface area contributed by atoms with Crippen LogP contribution in [0.4, 0.5) is 0 Å². The molecule has 5 aromatic heterocycles. The van der Waals surface area contributed by atoms with Gasteiger partial charge in [-0.2, -0.15) is 0 Å². The molecule has 20 rings (SSSR count). The number of rotatable bonds is 26. The molecule has 23 heteroatoms. The quantitative estimate of drug-likeness (QED) is 0.0161. The van der Waals surface area contributed by atoms with Gasteiger partial charge in [-0.25, -0.2) is 14.4 Å². The van der Waals surface area contributed by atoms with Gasteiger partial charge in [-0.3, -0.25) is 19.2 Å². The van der Waals surface area contributed by atoms with Crippen LogP contribution in [-0.4, -0.2) is 107 Å². The van der Waals surface area contributed by atoms with Crippen LogP contribution in [0.1, 0.15) is 230 Å². The first-order valence-electron chi connectivity index (χ1n) is 48.7. The van der Waals surface area contributed by atoms with Gasteiger partial charge in [0.15, 0.2) is 23.1 Å². The maximum absolute atomic E-state index is 13.6. The third-order valence-electron chi connectivity index (χ3n) is 27.0. The van der Waals surface area contributed by atoms with E-state index in [-0.39, 0.29) is 35.2 Å². The van der Waals surface area contributed by atoms with E-state index in [0.29, 0.717) is 69.9 Å². The van der Waals surface area contributed by atoms with E-state index >= 15 is 0 Å². The first-order chi connectivity index (χ1) is 68.5. The number of oxime groups is 4. The Balaban J connectivity index is 0.000000131. The Kier molecular flexibility index (Phi) is 29.5. The van der Waals surface area contributed by atoms with Crippen LogP contribution in [0, 0.1) is 25.7 Å². The van der Waals surface area contributed by atoms with Crippen molar-refractivity contribution in [2.24, 2.45) is 32.5 Å². The second-order valence-electron chi connectivity index (χ2n) is 37.2. The van der Waals surface area contributed by atoms with Gasteiger partial charge in [0.25, 0.3) is 0 Å². The van der Waals surface area contributed by atoms with Crippen LogP contribution >= 0.6 is 11.3 Å². The fraction of sp³-hybridized carbons (Fsp3) is 0.269. The fourth-order valence-electron chi connectivity index (χ4n) is 20.1. The minimum atomic E-state index is -0.595. The summed E-state index contributed by atoms with van der Waals surface area (Å²) in [6.45, 7) is 35.7. The van der Waals surface area contributed by atoms with Crippen LogP contribution in [0.5, 0.6) is 5.75 Å². The molecule has 2 atom stereocenters. The molecule has 0 N–H and O–H groups in total. The van der Waals surface area contributed by atoms with E-state index < -0.39 is 23.7 Å². The van der Waals surface area contributed by atoms with E-state index in [4.69, 9.17) is 33.6 Å². The predicted molar refractivity (Wildman–Crippen MR) is 568 cm³/mol. The second-order valence-corrected chi connectivity index (χ2v) is 38.1. The number of hydrogen-bond acceptors (Lipinski definition) is 19. The number of aryl methyl sites for hydroxylation is 6. The monoisotopic (exact) mass is 1910 g/mol. The molecule has 12 aromatic carbocycles. The van der Waals surface area contributed by atoms with Crippen molar-refractivity contribution in [2.45, 2.75) is 187 Å². The molecule has 1 aliphatic heterocycles. The van der Waals surface area contributed by atoms with Crippen molar-refractivity contribution < 1.29 is 67.1 Å². The van der Waals surface area contributed by atoms with Crippen LogP contribution in [0.25, 0.3) is 98.0 Å². The number of benzene rings is 12. The minimum Gasteiger partial charge on any atom is -0.491 e. The number of nitrogens with zero attached hydrogens (tertiary/aromatic N) is 8. The van der Waals surface area contributed by atoms with Crippen LogP contribution in [0.2, 0.25) is 0 Å². The van der Waals surface area contributed by atoms with E-state index in [9.17, 15) is 33.6 Å². The summed E-state index contributed by atoms with van der Waals surface area (Å²) in [7, 11) is 0. The molecule has 142 heavy (non-hydrogen) atoms. The molecule has 1 saturated heterocycles. The van der Waals surface area contributed by atoms with Crippen molar-refractivity contribution in [3.05, 3.63) is 337 Å². The first-order valence-corrected chi connectivity index (χ1v) is 49.5. The third kappa shape index (κ3) is 20.7. The average Bonchev–Trinajstić information content (AvgIpc) is 1.58. The SMILES string of the molecule is C=C(C)O/N=C1\c2ccc3c(c2CC1C)c1cc(C(=O)c2ccccc2C)ccc1n3CC.CCn1c2ccc(C(=O)c3ccc(OCC4COC(C)(C)O4)cc3C)cc2c2cc(/C(C)=N\OC(C)=O)ccc21.CCn1c2ccc(C(=O)c3ccc4ccccc4c3)cc2c2cc(/C(C)=N\OC(C)=O)ccc21.CCn1c2ccc(C(=O)c3cccs3)cc2c2cc(/C(CCC3CCCC3)=N\OC(C)=O)ccc21. The Morgan fingerprint density at radius 2 is 0.887 bits per heavy atom. The summed E-state index contributed by atoms with van der Waals surface area (Å²) in [6.07, 6.45) is 7.73. The normalized spacial score (nSPS) is 15.1. The lowest BCUT2D eigenvalue weighted by atomic mass is 9.96. The van der Waals surface area contributed by atoms with E-state index in [2.05, 4.69) is 123 Å². The molecule has 2 fully saturated rings. The number of ketones is 4. The smallest absolute Gasteiger partial charge is 0.331 e. The second kappa shape index (κ2) is 42.5. The van der Waals surface area contributed by atoms with Crippen LogP contribution in [-0.2, 0) is 75.8 Å². The third-order valence-corrected chi connectivity index (χ3v) is 27.9. The molecule has 2 aliphatic carbocycles. The molecular weight excluding hydrogens is 1800 g/mol. The van der Waals surface area contributed by atoms with Gasteiger partial charge in [0.05, 0.1) is 34.3 Å². The molecule has 6 heterocycles. The summed E-state index contributed by atoms with van der Waals surface area (Å²) >= 11 is 1.46. The van der Waals surface area contributed by atoms with Gasteiger partial charge >= 0.3 is 17.9 Å². The molecule has 2 unspecified atom stereocenters. The van der Waals surface area contributed by atoms with Crippen molar-refractivity contribution in [3.63, 3.8) is 0 Å². The lowest BCUT2D eigenvalue weighted by Crippen LogP contribution is -2.25.